The lowest BCUT2D eigenvalue weighted by Crippen LogP contribution is -2.42. The van der Waals surface area contributed by atoms with Crippen LogP contribution in [0.25, 0.3) is 11.1 Å². The highest BCUT2D eigenvalue weighted by atomic mass is 35.5. The number of likely N-dealkylation sites (tertiary alicyclic amines) is 1. The van der Waals surface area contributed by atoms with Gasteiger partial charge in [0.1, 0.15) is 0 Å². The van der Waals surface area contributed by atoms with Crippen molar-refractivity contribution in [3.8, 4) is 11.1 Å². The first kappa shape index (κ1) is 26.8. The Morgan fingerprint density at radius 1 is 0.946 bits per heavy atom. The van der Waals surface area contributed by atoms with Gasteiger partial charge in [0.15, 0.2) is 0 Å². The number of benzene rings is 2. The fraction of sp³-hybridized carbons (Fsp3) is 0.500. The molecule has 0 aromatic heterocycles. The Labute approximate surface area is 230 Å². The van der Waals surface area contributed by atoms with Gasteiger partial charge in [0.05, 0.1) is 0 Å². The molecular formula is C28H30Cl2F2N2O2S. The molecule has 2 aliphatic heterocycles. The second kappa shape index (κ2) is 11.1. The van der Waals surface area contributed by atoms with E-state index in [9.17, 15) is 18.4 Å². The predicted octanol–water partition coefficient (Wildman–Crippen LogP) is 6.82. The molecule has 3 fully saturated rings. The van der Waals surface area contributed by atoms with Gasteiger partial charge in [-0.15, -0.1) is 0 Å². The van der Waals surface area contributed by atoms with Gasteiger partial charge < -0.3 is 9.80 Å². The van der Waals surface area contributed by atoms with Crippen molar-refractivity contribution in [2.24, 2.45) is 5.92 Å². The minimum Gasteiger partial charge on any atom is -0.339 e. The molecule has 1 atom stereocenters. The fourth-order valence-electron chi connectivity index (χ4n) is 5.62. The van der Waals surface area contributed by atoms with Gasteiger partial charge in [0.25, 0.3) is 5.91 Å². The van der Waals surface area contributed by atoms with E-state index in [0.717, 1.165) is 41.3 Å². The highest BCUT2D eigenvalue weighted by Crippen LogP contribution is 2.39. The number of carbonyl (C=O) groups is 2. The van der Waals surface area contributed by atoms with Crippen molar-refractivity contribution in [2.45, 2.75) is 50.5 Å². The summed E-state index contributed by atoms with van der Waals surface area (Å²) in [7, 11) is 0. The number of amides is 2. The van der Waals surface area contributed by atoms with Crippen LogP contribution in [0.4, 0.5) is 8.78 Å². The summed E-state index contributed by atoms with van der Waals surface area (Å²) in [5.41, 5.74) is 3.14. The normalized spacial score (nSPS) is 22.5. The van der Waals surface area contributed by atoms with Crippen LogP contribution in [0.3, 0.4) is 0 Å². The van der Waals surface area contributed by atoms with Crippen LogP contribution in [0.2, 0.25) is 10.0 Å². The minimum absolute atomic E-state index is 0.0129. The smallest absolute Gasteiger partial charge is 0.253 e. The third-order valence-electron chi connectivity index (χ3n) is 7.83. The topological polar surface area (TPSA) is 40.6 Å². The van der Waals surface area contributed by atoms with E-state index in [4.69, 9.17) is 23.2 Å². The lowest BCUT2D eigenvalue weighted by Gasteiger charge is -2.34. The molecule has 2 aromatic carbocycles. The number of alkyl halides is 2. The van der Waals surface area contributed by atoms with E-state index in [1.165, 1.54) is 0 Å². The molecule has 198 valence electrons. The van der Waals surface area contributed by atoms with Gasteiger partial charge in [0.2, 0.25) is 11.8 Å². The van der Waals surface area contributed by atoms with E-state index in [1.807, 2.05) is 53.1 Å². The molecule has 1 saturated carbocycles. The first-order chi connectivity index (χ1) is 17.7. The van der Waals surface area contributed by atoms with Gasteiger partial charge in [-0.05, 0) is 66.6 Å². The fourth-order valence-corrected chi connectivity index (χ4v) is 7.16. The number of halogens is 4. The number of rotatable bonds is 5. The third kappa shape index (κ3) is 5.94. The molecule has 4 nitrogen and oxygen atoms in total. The Morgan fingerprint density at radius 2 is 1.57 bits per heavy atom. The molecule has 0 unspecified atom stereocenters. The van der Waals surface area contributed by atoms with Gasteiger partial charge in [-0.25, -0.2) is 8.78 Å². The van der Waals surface area contributed by atoms with Crippen LogP contribution in [-0.4, -0.2) is 64.7 Å². The highest BCUT2D eigenvalue weighted by molar-refractivity contribution is 7.99. The van der Waals surface area contributed by atoms with E-state index >= 15 is 0 Å². The average molecular weight is 568 g/mol. The molecule has 2 aromatic rings. The lowest BCUT2D eigenvalue weighted by molar-refractivity contribution is -0.135. The maximum Gasteiger partial charge on any atom is 0.253 e. The van der Waals surface area contributed by atoms with Crippen molar-refractivity contribution in [1.29, 1.82) is 0 Å². The van der Waals surface area contributed by atoms with Crippen molar-refractivity contribution < 1.29 is 18.4 Å². The maximum atomic E-state index is 13.6. The largest absolute Gasteiger partial charge is 0.339 e. The third-order valence-corrected chi connectivity index (χ3v) is 9.45. The van der Waals surface area contributed by atoms with Gasteiger partial charge in [-0.2, -0.15) is 11.8 Å². The van der Waals surface area contributed by atoms with Crippen LogP contribution in [0.15, 0.2) is 36.4 Å². The molecule has 37 heavy (non-hydrogen) atoms. The zero-order valence-corrected chi connectivity index (χ0v) is 22.9. The average Bonchev–Trinajstić information content (AvgIpc) is 3.26. The minimum atomic E-state index is -2.61. The van der Waals surface area contributed by atoms with E-state index in [1.54, 1.807) is 4.90 Å². The van der Waals surface area contributed by atoms with Crippen molar-refractivity contribution in [3.05, 3.63) is 57.6 Å². The first-order valence-electron chi connectivity index (χ1n) is 12.9. The van der Waals surface area contributed by atoms with Crippen molar-refractivity contribution in [1.82, 2.24) is 9.80 Å². The van der Waals surface area contributed by atoms with Crippen LogP contribution < -0.4 is 0 Å². The Bertz CT molecular complexity index is 1140. The molecule has 1 aliphatic carbocycles. The standard InChI is InChI=1S/C28H30Cl2F2N2O2S/c29-24-16-21(18-1-3-19(4-2-18)26(35)33-11-13-37-14-12-33)17-25(30)23(24)15-20-7-10-34(27(20)36)22-5-8-28(31,32)9-6-22/h1-4,16-17,20,22H,5-15H2/t20-/m0/s1. The molecule has 2 saturated heterocycles. The van der Waals surface area contributed by atoms with Crippen LogP contribution in [0.1, 0.15) is 48.0 Å². The molecule has 0 radical (unpaired) electrons. The van der Waals surface area contributed by atoms with Crippen molar-refractivity contribution in [3.63, 3.8) is 0 Å². The summed E-state index contributed by atoms with van der Waals surface area (Å²) in [5.74, 6) is -0.853. The molecule has 0 spiro atoms. The van der Waals surface area contributed by atoms with Crippen molar-refractivity contribution in [2.75, 3.05) is 31.1 Å². The second-order valence-corrected chi connectivity index (χ2v) is 12.2. The summed E-state index contributed by atoms with van der Waals surface area (Å²) in [4.78, 5) is 29.5. The summed E-state index contributed by atoms with van der Waals surface area (Å²) in [6, 6.07) is 11.1. The molecule has 0 bridgehead atoms. The predicted molar refractivity (Wildman–Crippen MR) is 146 cm³/mol. The molecule has 2 heterocycles. The number of thioether (sulfide) groups is 1. The van der Waals surface area contributed by atoms with Crippen LogP contribution in [-0.2, 0) is 11.2 Å². The summed E-state index contributed by atoms with van der Waals surface area (Å²) in [6.07, 6.45) is 1.49. The van der Waals surface area contributed by atoms with E-state index in [0.29, 0.717) is 47.8 Å². The number of nitrogens with zero attached hydrogens (tertiary/aromatic N) is 2. The molecule has 3 aliphatic rings. The zero-order chi connectivity index (χ0) is 26.2. The Balaban J connectivity index is 1.25. The maximum absolute atomic E-state index is 13.6. The quantitative estimate of drug-likeness (QED) is 0.398. The van der Waals surface area contributed by atoms with Crippen LogP contribution in [0, 0.1) is 5.92 Å². The van der Waals surface area contributed by atoms with Crippen molar-refractivity contribution >= 4 is 46.8 Å². The van der Waals surface area contributed by atoms with Gasteiger partial charge >= 0.3 is 0 Å². The SMILES string of the molecule is O=C(c1ccc(-c2cc(Cl)c(C[C@@H]3CCN(C4CCC(F)(F)CC4)C3=O)c(Cl)c2)cc1)N1CCSCC1. The number of hydrogen-bond acceptors (Lipinski definition) is 3. The number of carbonyl (C=O) groups excluding carboxylic acids is 2. The van der Waals surface area contributed by atoms with Crippen LogP contribution in [0.5, 0.6) is 0 Å². The highest BCUT2D eigenvalue weighted by Gasteiger charge is 2.42. The van der Waals surface area contributed by atoms with E-state index < -0.39 is 5.92 Å². The van der Waals surface area contributed by atoms with Crippen LogP contribution >= 0.6 is 35.0 Å². The Kier molecular flexibility index (Phi) is 8.04. The lowest BCUT2D eigenvalue weighted by atomic mass is 9.91. The number of hydrogen-bond donors (Lipinski definition) is 0. The zero-order valence-electron chi connectivity index (χ0n) is 20.5. The summed E-state index contributed by atoms with van der Waals surface area (Å²) in [6.45, 7) is 2.14. The van der Waals surface area contributed by atoms with Gasteiger partial charge in [-0.3, -0.25) is 9.59 Å². The van der Waals surface area contributed by atoms with Gasteiger partial charge in [0, 0.05) is 71.6 Å². The summed E-state index contributed by atoms with van der Waals surface area (Å²) < 4.78 is 27.1. The molecule has 2 amide bonds. The van der Waals surface area contributed by atoms with E-state index in [-0.39, 0.29) is 36.6 Å². The second-order valence-electron chi connectivity index (χ2n) is 10.2. The Hall–Kier alpha value is -1.83. The Morgan fingerprint density at radius 3 is 2.19 bits per heavy atom. The summed E-state index contributed by atoms with van der Waals surface area (Å²) >= 11 is 15.2. The van der Waals surface area contributed by atoms with E-state index in [2.05, 4.69) is 0 Å². The first-order valence-corrected chi connectivity index (χ1v) is 14.8. The monoisotopic (exact) mass is 566 g/mol. The molecule has 0 N–H and O–H groups in total. The van der Waals surface area contributed by atoms with Gasteiger partial charge in [-0.1, -0.05) is 35.3 Å². The molecule has 9 heteroatoms. The summed E-state index contributed by atoms with van der Waals surface area (Å²) in [5, 5.41) is 0.994. The molecule has 5 rings (SSSR count). The molecular weight excluding hydrogens is 537 g/mol.